The summed E-state index contributed by atoms with van der Waals surface area (Å²) in [5.74, 6) is -2.15. The van der Waals surface area contributed by atoms with E-state index in [-0.39, 0.29) is 23.7 Å². The average Bonchev–Trinajstić information content (AvgIpc) is 3.40. The van der Waals surface area contributed by atoms with Crippen LogP contribution < -0.4 is 21.5 Å². The normalized spacial score (nSPS) is 23.5. The number of imide groups is 1. The number of ether oxygens (including phenoxy) is 1. The zero-order chi connectivity index (χ0) is 32.7. The summed E-state index contributed by atoms with van der Waals surface area (Å²) in [6.07, 6.45) is 1.94. The van der Waals surface area contributed by atoms with Crippen LogP contribution in [0.1, 0.15) is 35.1 Å². The Balaban J connectivity index is 1.51. The summed E-state index contributed by atoms with van der Waals surface area (Å²) in [4.78, 5) is 56.2. The molecule has 1 aliphatic carbocycles. The van der Waals surface area contributed by atoms with Crippen molar-refractivity contribution in [3.63, 3.8) is 0 Å². The van der Waals surface area contributed by atoms with Crippen molar-refractivity contribution in [3.8, 4) is 11.5 Å². The number of phenols is 1. The fraction of sp³-hybridized carbons (Fsp3) is 0.273. The molecule has 236 valence electrons. The number of phenolic OH excluding ortho intramolecular Hbond substituents is 1. The SMILES string of the molecule is COc1ccc(C23C(=O)N(Nc4ccc(Cl)cc4Cl)C(=O)C2CC2C(=CCn4c(=O)n(C)c(=O)n42)C3c2ccc(O)c(C)c2)cc1. The molecule has 4 aromatic rings. The second-order valence-corrected chi connectivity index (χ2v) is 12.7. The first-order valence-corrected chi connectivity index (χ1v) is 15.4. The highest BCUT2D eigenvalue weighted by Gasteiger charge is 2.68. The summed E-state index contributed by atoms with van der Waals surface area (Å²) in [6.45, 7) is 1.85. The van der Waals surface area contributed by atoms with Crippen LogP contribution in [-0.4, -0.2) is 43.0 Å². The highest BCUT2D eigenvalue weighted by molar-refractivity contribution is 6.36. The van der Waals surface area contributed by atoms with Crippen LogP contribution in [0, 0.1) is 12.8 Å². The van der Waals surface area contributed by atoms with E-state index in [9.17, 15) is 19.5 Å². The van der Waals surface area contributed by atoms with E-state index in [1.807, 2.05) is 6.08 Å². The summed E-state index contributed by atoms with van der Waals surface area (Å²) >= 11 is 12.6. The summed E-state index contributed by atoms with van der Waals surface area (Å²) in [7, 11) is 2.96. The first-order valence-electron chi connectivity index (χ1n) is 14.6. The molecular formula is C33H29Cl2N5O6. The Morgan fingerprint density at radius 2 is 1.72 bits per heavy atom. The van der Waals surface area contributed by atoms with E-state index in [0.717, 1.165) is 15.1 Å². The van der Waals surface area contributed by atoms with Gasteiger partial charge in [-0.05, 0) is 72.0 Å². The van der Waals surface area contributed by atoms with E-state index in [2.05, 4.69) is 5.43 Å². The molecule has 2 aliphatic heterocycles. The fourth-order valence-electron chi connectivity index (χ4n) is 7.45. The Hall–Kier alpha value is -4.74. The van der Waals surface area contributed by atoms with E-state index < -0.39 is 46.5 Å². The summed E-state index contributed by atoms with van der Waals surface area (Å²) < 4.78 is 9.22. The van der Waals surface area contributed by atoms with Crippen molar-refractivity contribution in [2.45, 2.75) is 37.3 Å². The minimum absolute atomic E-state index is 0.0614. The number of nitrogens with one attached hydrogen (secondary N) is 1. The van der Waals surface area contributed by atoms with Gasteiger partial charge in [-0.3, -0.25) is 15.0 Å². The molecular weight excluding hydrogens is 633 g/mol. The van der Waals surface area contributed by atoms with E-state index in [1.54, 1.807) is 68.6 Å². The number of aryl methyl sites for hydroxylation is 1. The summed E-state index contributed by atoms with van der Waals surface area (Å²) in [5.41, 5.74) is 3.31. The van der Waals surface area contributed by atoms with Gasteiger partial charge >= 0.3 is 11.4 Å². The maximum Gasteiger partial charge on any atom is 0.347 e. The smallest absolute Gasteiger partial charge is 0.347 e. The molecule has 3 heterocycles. The lowest BCUT2D eigenvalue weighted by molar-refractivity contribution is -0.138. The van der Waals surface area contributed by atoms with Gasteiger partial charge in [0, 0.05) is 18.0 Å². The highest BCUT2D eigenvalue weighted by Crippen LogP contribution is 2.62. The minimum Gasteiger partial charge on any atom is -0.508 e. The van der Waals surface area contributed by atoms with Crippen LogP contribution in [0.2, 0.25) is 10.0 Å². The molecule has 46 heavy (non-hydrogen) atoms. The molecule has 1 aromatic heterocycles. The zero-order valence-electron chi connectivity index (χ0n) is 25.0. The van der Waals surface area contributed by atoms with E-state index in [0.29, 0.717) is 33.1 Å². The van der Waals surface area contributed by atoms with Crippen LogP contribution in [0.3, 0.4) is 0 Å². The number of carbonyl (C=O) groups is 2. The number of benzene rings is 3. The Labute approximate surface area is 272 Å². The molecule has 4 atom stereocenters. The number of rotatable bonds is 5. The van der Waals surface area contributed by atoms with Crippen LogP contribution in [-0.2, 0) is 28.6 Å². The first-order chi connectivity index (χ1) is 22.0. The number of halogens is 2. The number of hydrazine groups is 1. The lowest BCUT2D eigenvalue weighted by atomic mass is 9.53. The number of methoxy groups -OCH3 is 1. The van der Waals surface area contributed by atoms with Crippen molar-refractivity contribution >= 4 is 40.7 Å². The van der Waals surface area contributed by atoms with Gasteiger partial charge in [0.15, 0.2) is 0 Å². The third-order valence-electron chi connectivity index (χ3n) is 9.59. The van der Waals surface area contributed by atoms with Crippen LogP contribution >= 0.6 is 23.2 Å². The number of hydrogen-bond donors (Lipinski definition) is 2. The highest BCUT2D eigenvalue weighted by atomic mass is 35.5. The standard InChI is InChI=1S/C33H29Cl2N5O6/c1-17-14-18(4-11-27(17)41)28-22-12-13-38-31(44)37(2)32(45)40(38)26(22)16-23-29(42)39(36-25-10-7-20(34)15-24(25)35)30(43)33(23,28)19-5-8-21(46-3)9-6-19/h4-12,14-15,23,26,28,36,41H,13,16H2,1-3H3. The van der Waals surface area contributed by atoms with Crippen LogP contribution in [0.15, 0.2) is 81.9 Å². The number of allylic oxidation sites excluding steroid dienone is 2. The molecule has 0 spiro atoms. The molecule has 0 radical (unpaired) electrons. The largest absolute Gasteiger partial charge is 0.508 e. The third kappa shape index (κ3) is 4.11. The molecule has 2 amide bonds. The lowest BCUT2D eigenvalue weighted by Gasteiger charge is -2.49. The predicted molar refractivity (Wildman–Crippen MR) is 171 cm³/mol. The summed E-state index contributed by atoms with van der Waals surface area (Å²) in [6, 6.07) is 16.1. The van der Waals surface area contributed by atoms with Gasteiger partial charge < -0.3 is 9.84 Å². The average molecular weight is 663 g/mol. The second kappa shape index (κ2) is 10.7. The van der Waals surface area contributed by atoms with Crippen LogP contribution in [0.4, 0.5) is 5.69 Å². The Morgan fingerprint density at radius 3 is 2.39 bits per heavy atom. The molecule has 7 rings (SSSR count). The molecule has 11 nitrogen and oxygen atoms in total. The number of aromatic hydroxyl groups is 1. The van der Waals surface area contributed by atoms with Gasteiger partial charge in [0.25, 0.3) is 11.8 Å². The summed E-state index contributed by atoms with van der Waals surface area (Å²) in [5, 5.41) is 12.1. The number of nitrogens with zero attached hydrogens (tertiary/aromatic N) is 4. The predicted octanol–water partition coefficient (Wildman–Crippen LogP) is 4.30. The van der Waals surface area contributed by atoms with Crippen molar-refractivity contribution < 1.29 is 19.4 Å². The van der Waals surface area contributed by atoms with E-state index >= 15 is 4.79 Å². The number of aromatic nitrogens is 3. The Kier molecular flexibility index (Phi) is 6.95. The Morgan fingerprint density at radius 1 is 0.978 bits per heavy atom. The molecule has 2 N–H and O–H groups in total. The van der Waals surface area contributed by atoms with E-state index in [1.165, 1.54) is 22.5 Å². The monoisotopic (exact) mass is 661 g/mol. The lowest BCUT2D eigenvalue weighted by Crippen LogP contribution is -2.53. The first kappa shape index (κ1) is 29.9. The van der Waals surface area contributed by atoms with Gasteiger partial charge in [0.2, 0.25) is 0 Å². The van der Waals surface area contributed by atoms with Crippen molar-refractivity contribution in [2.24, 2.45) is 13.0 Å². The zero-order valence-corrected chi connectivity index (χ0v) is 26.5. The number of amides is 2. The second-order valence-electron chi connectivity index (χ2n) is 11.9. The number of anilines is 1. The van der Waals surface area contributed by atoms with Gasteiger partial charge in [-0.25, -0.2) is 23.5 Å². The molecule has 4 unspecified atom stereocenters. The molecule has 13 heteroatoms. The van der Waals surface area contributed by atoms with Crippen molar-refractivity contribution in [2.75, 3.05) is 12.5 Å². The van der Waals surface area contributed by atoms with Crippen molar-refractivity contribution in [1.29, 1.82) is 0 Å². The Bertz CT molecular complexity index is 2100. The van der Waals surface area contributed by atoms with Gasteiger partial charge in [0.1, 0.15) is 11.5 Å². The number of fused-ring (bicyclic) bond motifs is 4. The van der Waals surface area contributed by atoms with Gasteiger partial charge in [-0.2, -0.15) is 5.01 Å². The van der Waals surface area contributed by atoms with Gasteiger partial charge in [-0.15, -0.1) is 0 Å². The maximum absolute atomic E-state index is 15.1. The molecule has 3 aliphatic rings. The molecule has 3 aromatic carbocycles. The topological polar surface area (TPSA) is 128 Å². The van der Waals surface area contributed by atoms with Gasteiger partial charge in [0.05, 0.1) is 41.7 Å². The number of hydrogen-bond acceptors (Lipinski definition) is 7. The molecule has 2 fully saturated rings. The van der Waals surface area contributed by atoms with E-state index in [4.69, 9.17) is 27.9 Å². The minimum atomic E-state index is -1.50. The molecule has 1 saturated carbocycles. The molecule has 0 bridgehead atoms. The number of carbonyl (C=O) groups excluding carboxylic acids is 2. The maximum atomic E-state index is 15.1. The van der Waals surface area contributed by atoms with Crippen LogP contribution in [0.5, 0.6) is 11.5 Å². The van der Waals surface area contributed by atoms with Crippen LogP contribution in [0.25, 0.3) is 0 Å². The van der Waals surface area contributed by atoms with Crippen molar-refractivity contribution in [1.82, 2.24) is 18.9 Å². The third-order valence-corrected chi connectivity index (χ3v) is 10.1. The molecule has 1 saturated heterocycles. The fourth-order valence-corrected chi connectivity index (χ4v) is 7.90. The quantitative estimate of drug-likeness (QED) is 0.241. The van der Waals surface area contributed by atoms with Gasteiger partial charge in [-0.1, -0.05) is 53.5 Å². The van der Waals surface area contributed by atoms with Crippen molar-refractivity contribution in [3.05, 3.63) is 120 Å².